The molecule has 2 aromatic rings. The summed E-state index contributed by atoms with van der Waals surface area (Å²) in [6, 6.07) is 6.92. The Morgan fingerprint density at radius 1 is 1.46 bits per heavy atom. The van der Waals surface area contributed by atoms with Gasteiger partial charge in [-0.15, -0.1) is 11.3 Å². The Hall–Kier alpha value is -1.40. The zero-order valence-electron chi connectivity index (χ0n) is 6.97. The van der Waals surface area contributed by atoms with Crippen molar-refractivity contribution in [1.29, 1.82) is 5.26 Å². The van der Waals surface area contributed by atoms with E-state index in [2.05, 4.69) is 0 Å². The number of thiophene rings is 1. The van der Waals surface area contributed by atoms with E-state index in [0.29, 0.717) is 9.58 Å². The van der Waals surface area contributed by atoms with Gasteiger partial charge in [-0.25, -0.2) is 4.39 Å². The topological polar surface area (TPSA) is 23.8 Å². The molecule has 0 radical (unpaired) electrons. The minimum Gasteiger partial charge on any atom is -0.205 e. The van der Waals surface area contributed by atoms with Crippen LogP contribution in [0.5, 0.6) is 0 Å². The van der Waals surface area contributed by atoms with E-state index in [1.807, 2.05) is 13.0 Å². The minimum atomic E-state index is -0.243. The van der Waals surface area contributed by atoms with E-state index in [1.165, 1.54) is 17.4 Å². The lowest BCUT2D eigenvalue weighted by Gasteiger charge is -1.94. The predicted octanol–water partition coefficient (Wildman–Crippen LogP) is 3.22. The summed E-state index contributed by atoms with van der Waals surface area (Å²) in [7, 11) is 0. The van der Waals surface area contributed by atoms with Gasteiger partial charge in [0, 0.05) is 0 Å². The number of aryl methyl sites for hydroxylation is 1. The normalized spacial score (nSPS) is 10.2. The molecule has 0 unspecified atom stereocenters. The second-order valence-electron chi connectivity index (χ2n) is 2.83. The highest BCUT2D eigenvalue weighted by Crippen LogP contribution is 2.29. The molecule has 0 bridgehead atoms. The highest BCUT2D eigenvalue weighted by Gasteiger charge is 2.07. The lowest BCUT2D eigenvalue weighted by atomic mass is 10.1. The highest BCUT2D eigenvalue weighted by atomic mass is 32.1. The van der Waals surface area contributed by atoms with Gasteiger partial charge in [0.25, 0.3) is 0 Å². The minimum absolute atomic E-state index is 0.243. The maximum atomic E-state index is 13.2. The van der Waals surface area contributed by atoms with Crippen LogP contribution in [0.3, 0.4) is 0 Å². The SMILES string of the molecule is Cc1ccc(F)c2sc(C#N)cc12. The number of nitriles is 1. The summed E-state index contributed by atoms with van der Waals surface area (Å²) in [6.45, 7) is 1.91. The van der Waals surface area contributed by atoms with Gasteiger partial charge in [0.15, 0.2) is 0 Å². The fraction of sp³-hybridized carbons (Fsp3) is 0.100. The van der Waals surface area contributed by atoms with Crippen molar-refractivity contribution in [2.45, 2.75) is 6.92 Å². The molecular formula is C10H6FNS. The Morgan fingerprint density at radius 3 is 2.85 bits per heavy atom. The van der Waals surface area contributed by atoms with Gasteiger partial charge in [-0.2, -0.15) is 5.26 Å². The smallest absolute Gasteiger partial charge is 0.141 e. The standard InChI is InChI=1S/C10H6FNS/c1-6-2-3-9(11)10-8(6)4-7(5-12)13-10/h2-4H,1H3. The summed E-state index contributed by atoms with van der Waals surface area (Å²) in [5.41, 5.74) is 1.01. The Kier molecular flexibility index (Phi) is 1.78. The highest BCUT2D eigenvalue weighted by molar-refractivity contribution is 7.19. The van der Waals surface area contributed by atoms with Crippen LogP contribution in [0.1, 0.15) is 10.4 Å². The molecule has 1 heterocycles. The van der Waals surface area contributed by atoms with E-state index in [4.69, 9.17) is 5.26 Å². The number of halogens is 1. The van der Waals surface area contributed by atoms with Gasteiger partial charge in [0.1, 0.15) is 16.8 Å². The first-order valence-corrected chi connectivity index (χ1v) is 4.63. The van der Waals surface area contributed by atoms with Crippen LogP contribution in [-0.2, 0) is 0 Å². The summed E-state index contributed by atoms with van der Waals surface area (Å²) < 4.78 is 13.8. The van der Waals surface area contributed by atoms with Gasteiger partial charge >= 0.3 is 0 Å². The van der Waals surface area contributed by atoms with Crippen molar-refractivity contribution in [2.24, 2.45) is 0 Å². The number of hydrogen-bond donors (Lipinski definition) is 0. The molecule has 3 heteroatoms. The zero-order valence-corrected chi connectivity index (χ0v) is 7.78. The quantitative estimate of drug-likeness (QED) is 0.627. The third kappa shape index (κ3) is 1.20. The second-order valence-corrected chi connectivity index (χ2v) is 3.88. The first-order valence-electron chi connectivity index (χ1n) is 3.81. The predicted molar refractivity (Wildman–Crippen MR) is 51.2 cm³/mol. The number of hydrogen-bond acceptors (Lipinski definition) is 2. The van der Waals surface area contributed by atoms with Gasteiger partial charge in [-0.1, -0.05) is 6.07 Å². The Labute approximate surface area is 79.0 Å². The molecule has 0 spiro atoms. The van der Waals surface area contributed by atoms with Crippen molar-refractivity contribution in [2.75, 3.05) is 0 Å². The summed E-state index contributed by atoms with van der Waals surface area (Å²) in [4.78, 5) is 0.559. The average Bonchev–Trinajstić information content (AvgIpc) is 2.56. The molecular weight excluding hydrogens is 185 g/mol. The number of benzene rings is 1. The maximum Gasteiger partial charge on any atom is 0.141 e. The molecule has 1 aromatic carbocycles. The van der Waals surface area contributed by atoms with Crippen LogP contribution in [-0.4, -0.2) is 0 Å². The van der Waals surface area contributed by atoms with Crippen molar-refractivity contribution < 1.29 is 4.39 Å². The van der Waals surface area contributed by atoms with E-state index in [-0.39, 0.29) is 5.82 Å². The number of fused-ring (bicyclic) bond motifs is 1. The maximum absolute atomic E-state index is 13.2. The molecule has 0 aliphatic carbocycles. The van der Waals surface area contributed by atoms with Crippen molar-refractivity contribution in [3.8, 4) is 6.07 Å². The van der Waals surface area contributed by atoms with Crippen molar-refractivity contribution in [3.63, 3.8) is 0 Å². The average molecular weight is 191 g/mol. The van der Waals surface area contributed by atoms with Crippen molar-refractivity contribution >= 4 is 21.4 Å². The molecule has 64 valence electrons. The fourth-order valence-corrected chi connectivity index (χ4v) is 2.22. The first kappa shape index (κ1) is 8.21. The van der Waals surface area contributed by atoms with Crippen molar-refractivity contribution in [3.05, 3.63) is 34.5 Å². The molecule has 2 rings (SSSR count). The monoisotopic (exact) mass is 191 g/mol. The molecule has 0 fully saturated rings. The van der Waals surface area contributed by atoms with Gasteiger partial charge in [0.05, 0.1) is 4.70 Å². The number of rotatable bonds is 0. The fourth-order valence-electron chi connectivity index (χ4n) is 1.28. The van der Waals surface area contributed by atoms with Gasteiger partial charge in [-0.05, 0) is 30.0 Å². The van der Waals surface area contributed by atoms with E-state index in [9.17, 15) is 4.39 Å². The van der Waals surface area contributed by atoms with Gasteiger partial charge < -0.3 is 0 Å². The zero-order chi connectivity index (χ0) is 9.42. The Morgan fingerprint density at radius 2 is 2.23 bits per heavy atom. The lowest BCUT2D eigenvalue weighted by molar-refractivity contribution is 0.641. The Bertz CT molecular complexity index is 468. The molecule has 0 aliphatic rings. The molecule has 0 saturated carbocycles. The third-order valence-corrected chi connectivity index (χ3v) is 3.01. The summed E-state index contributed by atoms with van der Waals surface area (Å²) in [5.74, 6) is -0.243. The molecule has 0 amide bonds. The Balaban J connectivity index is 2.90. The molecule has 1 nitrogen and oxygen atoms in total. The summed E-state index contributed by atoms with van der Waals surface area (Å²) in [6.07, 6.45) is 0. The largest absolute Gasteiger partial charge is 0.205 e. The van der Waals surface area contributed by atoms with E-state index < -0.39 is 0 Å². The molecule has 0 N–H and O–H groups in total. The summed E-state index contributed by atoms with van der Waals surface area (Å²) in [5, 5.41) is 9.51. The van der Waals surface area contributed by atoms with Gasteiger partial charge in [-0.3, -0.25) is 0 Å². The van der Waals surface area contributed by atoms with Crippen molar-refractivity contribution in [1.82, 2.24) is 0 Å². The second kappa shape index (κ2) is 2.82. The van der Waals surface area contributed by atoms with Crippen LogP contribution < -0.4 is 0 Å². The molecule has 13 heavy (non-hydrogen) atoms. The van der Waals surface area contributed by atoms with Crippen LogP contribution in [0, 0.1) is 24.1 Å². The molecule has 0 saturated heterocycles. The van der Waals surface area contributed by atoms with E-state index in [1.54, 1.807) is 12.1 Å². The summed E-state index contributed by atoms with van der Waals surface area (Å²) >= 11 is 1.20. The molecule has 0 aliphatic heterocycles. The third-order valence-electron chi connectivity index (χ3n) is 1.96. The first-order chi connectivity index (χ1) is 6.22. The van der Waals surface area contributed by atoms with Crippen LogP contribution in [0.25, 0.3) is 10.1 Å². The van der Waals surface area contributed by atoms with Crippen LogP contribution >= 0.6 is 11.3 Å². The van der Waals surface area contributed by atoms with Gasteiger partial charge in [0.2, 0.25) is 0 Å². The number of nitrogens with zero attached hydrogens (tertiary/aromatic N) is 1. The van der Waals surface area contributed by atoms with E-state index in [0.717, 1.165) is 10.9 Å². The van der Waals surface area contributed by atoms with Crippen LogP contribution in [0.4, 0.5) is 4.39 Å². The lowest BCUT2D eigenvalue weighted by Crippen LogP contribution is -1.76. The molecule has 0 atom stereocenters. The van der Waals surface area contributed by atoms with E-state index >= 15 is 0 Å². The van der Waals surface area contributed by atoms with Crippen LogP contribution in [0.15, 0.2) is 18.2 Å². The van der Waals surface area contributed by atoms with Crippen LogP contribution in [0.2, 0.25) is 0 Å². The molecule has 1 aromatic heterocycles.